The van der Waals surface area contributed by atoms with Crippen LogP contribution in [0.3, 0.4) is 0 Å². The number of rotatable bonds is 2. The molecule has 2 N–H and O–H groups in total. The molecule has 0 aliphatic heterocycles. The molecule has 0 spiro atoms. The molecular weight excluding hydrogens is 236 g/mol. The smallest absolute Gasteiger partial charge is 0.134 e. The van der Waals surface area contributed by atoms with E-state index in [9.17, 15) is 0 Å². The molecule has 2 aromatic rings. The van der Waals surface area contributed by atoms with Gasteiger partial charge in [0.15, 0.2) is 0 Å². The summed E-state index contributed by atoms with van der Waals surface area (Å²) in [6.07, 6.45) is 2.28. The van der Waals surface area contributed by atoms with Crippen molar-refractivity contribution in [1.82, 2.24) is 9.97 Å². The average molecular weight is 250 g/mol. The van der Waals surface area contributed by atoms with E-state index in [-0.39, 0.29) is 0 Å². The highest BCUT2D eigenvalue weighted by atomic mass is 15.0. The molecule has 0 amide bonds. The van der Waals surface area contributed by atoms with Gasteiger partial charge in [0.1, 0.15) is 11.6 Å². The summed E-state index contributed by atoms with van der Waals surface area (Å²) in [6.45, 7) is 1.92. The molecule has 0 bridgehead atoms. The maximum absolute atomic E-state index is 8.98. The van der Waals surface area contributed by atoms with Crippen molar-refractivity contribution in [3.8, 4) is 17.3 Å². The van der Waals surface area contributed by atoms with E-state index < -0.39 is 0 Å². The van der Waals surface area contributed by atoms with E-state index >= 15 is 0 Å². The van der Waals surface area contributed by atoms with Gasteiger partial charge in [0, 0.05) is 17.0 Å². The second-order valence-electron chi connectivity index (χ2n) is 4.91. The van der Waals surface area contributed by atoms with Gasteiger partial charge in [0.2, 0.25) is 0 Å². The van der Waals surface area contributed by atoms with Crippen LogP contribution in [0, 0.1) is 18.3 Å². The number of nitriles is 1. The van der Waals surface area contributed by atoms with Crippen molar-refractivity contribution in [1.29, 1.82) is 5.26 Å². The summed E-state index contributed by atoms with van der Waals surface area (Å²) in [6, 6.07) is 9.58. The van der Waals surface area contributed by atoms with Gasteiger partial charge in [-0.15, -0.1) is 0 Å². The number of anilines is 1. The van der Waals surface area contributed by atoms with Gasteiger partial charge < -0.3 is 5.73 Å². The van der Waals surface area contributed by atoms with Crippen molar-refractivity contribution in [3.05, 3.63) is 41.2 Å². The van der Waals surface area contributed by atoms with Crippen molar-refractivity contribution in [2.24, 2.45) is 0 Å². The summed E-state index contributed by atoms with van der Waals surface area (Å²) >= 11 is 0. The average Bonchev–Trinajstić information content (AvgIpc) is 3.26. The summed E-state index contributed by atoms with van der Waals surface area (Å²) in [5.74, 6) is 1.83. The van der Waals surface area contributed by atoms with Crippen LogP contribution in [-0.4, -0.2) is 9.97 Å². The minimum atomic E-state index is 0.459. The molecule has 1 fully saturated rings. The maximum atomic E-state index is 8.98. The zero-order valence-corrected chi connectivity index (χ0v) is 10.7. The Labute approximate surface area is 111 Å². The Morgan fingerprint density at radius 3 is 2.79 bits per heavy atom. The van der Waals surface area contributed by atoms with Crippen molar-refractivity contribution < 1.29 is 0 Å². The second-order valence-corrected chi connectivity index (χ2v) is 4.91. The molecule has 4 heteroatoms. The van der Waals surface area contributed by atoms with E-state index in [0.29, 0.717) is 17.3 Å². The molecule has 0 atom stereocenters. The fourth-order valence-electron chi connectivity index (χ4n) is 2.09. The summed E-state index contributed by atoms with van der Waals surface area (Å²) in [7, 11) is 0. The first-order chi connectivity index (χ1) is 9.19. The number of nitrogens with zero attached hydrogens (tertiary/aromatic N) is 3. The molecule has 1 heterocycles. The van der Waals surface area contributed by atoms with Crippen LogP contribution in [0.1, 0.15) is 35.7 Å². The number of hydrogen-bond acceptors (Lipinski definition) is 4. The number of nitrogens with two attached hydrogens (primary N) is 1. The van der Waals surface area contributed by atoms with Gasteiger partial charge in [-0.05, 0) is 31.9 Å². The summed E-state index contributed by atoms with van der Waals surface area (Å²) in [5.41, 5.74) is 9.24. The van der Waals surface area contributed by atoms with Crippen LogP contribution in [0.15, 0.2) is 24.3 Å². The van der Waals surface area contributed by atoms with E-state index in [4.69, 9.17) is 11.0 Å². The Balaban J connectivity index is 2.15. The molecule has 1 aromatic heterocycles. The summed E-state index contributed by atoms with van der Waals surface area (Å²) in [4.78, 5) is 9.01. The highest BCUT2D eigenvalue weighted by Crippen LogP contribution is 2.39. The highest BCUT2D eigenvalue weighted by molar-refractivity contribution is 5.68. The Hall–Kier alpha value is -2.41. The molecule has 0 unspecified atom stereocenters. The minimum Gasteiger partial charge on any atom is -0.383 e. The molecule has 94 valence electrons. The Morgan fingerprint density at radius 1 is 1.32 bits per heavy atom. The highest BCUT2D eigenvalue weighted by Gasteiger charge is 2.28. The van der Waals surface area contributed by atoms with E-state index in [1.165, 1.54) is 0 Å². The molecule has 0 saturated heterocycles. The predicted molar refractivity (Wildman–Crippen MR) is 73.3 cm³/mol. The summed E-state index contributed by atoms with van der Waals surface area (Å²) in [5, 5.41) is 8.98. The van der Waals surface area contributed by atoms with Gasteiger partial charge in [-0.2, -0.15) is 5.26 Å². The van der Waals surface area contributed by atoms with Crippen LogP contribution >= 0.6 is 0 Å². The largest absolute Gasteiger partial charge is 0.383 e. The van der Waals surface area contributed by atoms with Crippen molar-refractivity contribution in [3.63, 3.8) is 0 Å². The topological polar surface area (TPSA) is 75.6 Å². The molecular formula is C15H14N4. The van der Waals surface area contributed by atoms with Gasteiger partial charge in [0.05, 0.1) is 17.3 Å². The van der Waals surface area contributed by atoms with Gasteiger partial charge in [0.25, 0.3) is 0 Å². The SMILES string of the molecule is Cc1c(N)nc(C2CC2)nc1-c1cccc(C#N)c1. The van der Waals surface area contributed by atoms with Crippen LogP contribution in [-0.2, 0) is 0 Å². The second kappa shape index (κ2) is 4.36. The van der Waals surface area contributed by atoms with Gasteiger partial charge >= 0.3 is 0 Å². The lowest BCUT2D eigenvalue weighted by Gasteiger charge is -2.10. The first kappa shape index (κ1) is 11.7. The number of nitrogen functional groups attached to an aromatic ring is 1. The van der Waals surface area contributed by atoms with E-state index in [0.717, 1.165) is 35.5 Å². The molecule has 4 nitrogen and oxygen atoms in total. The Bertz CT molecular complexity index is 681. The minimum absolute atomic E-state index is 0.459. The van der Waals surface area contributed by atoms with Crippen LogP contribution in [0.4, 0.5) is 5.82 Å². The third-order valence-electron chi connectivity index (χ3n) is 3.41. The third kappa shape index (κ3) is 2.15. The van der Waals surface area contributed by atoms with Crippen LogP contribution in [0.2, 0.25) is 0 Å². The zero-order chi connectivity index (χ0) is 13.4. The lowest BCUT2D eigenvalue weighted by atomic mass is 10.0. The fraction of sp³-hybridized carbons (Fsp3) is 0.267. The van der Waals surface area contributed by atoms with Crippen LogP contribution < -0.4 is 5.73 Å². The number of aromatic nitrogens is 2. The lowest BCUT2D eigenvalue weighted by molar-refractivity contribution is 0.928. The van der Waals surface area contributed by atoms with Gasteiger partial charge in [-0.3, -0.25) is 0 Å². The van der Waals surface area contributed by atoms with Crippen molar-refractivity contribution >= 4 is 5.82 Å². The monoisotopic (exact) mass is 250 g/mol. The number of benzene rings is 1. The van der Waals surface area contributed by atoms with Crippen molar-refractivity contribution in [2.45, 2.75) is 25.7 Å². The normalized spacial score (nSPS) is 14.1. The fourth-order valence-corrected chi connectivity index (χ4v) is 2.09. The van der Waals surface area contributed by atoms with Crippen LogP contribution in [0.5, 0.6) is 0 Å². The first-order valence-electron chi connectivity index (χ1n) is 6.33. The third-order valence-corrected chi connectivity index (χ3v) is 3.41. The molecule has 1 aliphatic rings. The lowest BCUT2D eigenvalue weighted by Crippen LogP contribution is -2.04. The Morgan fingerprint density at radius 2 is 2.11 bits per heavy atom. The quantitative estimate of drug-likeness (QED) is 0.889. The Kier molecular flexibility index (Phi) is 2.68. The zero-order valence-electron chi connectivity index (χ0n) is 10.7. The van der Waals surface area contributed by atoms with Gasteiger partial charge in [-0.25, -0.2) is 9.97 Å². The molecule has 1 aliphatic carbocycles. The summed E-state index contributed by atoms with van der Waals surface area (Å²) < 4.78 is 0. The maximum Gasteiger partial charge on any atom is 0.134 e. The van der Waals surface area contributed by atoms with E-state index in [1.54, 1.807) is 6.07 Å². The predicted octanol–water partition coefficient (Wildman–Crippen LogP) is 2.78. The number of hydrogen-bond donors (Lipinski definition) is 1. The molecule has 3 rings (SSSR count). The molecule has 19 heavy (non-hydrogen) atoms. The molecule has 1 saturated carbocycles. The van der Waals surface area contributed by atoms with E-state index in [1.807, 2.05) is 25.1 Å². The standard InChI is InChI=1S/C15H14N4/c1-9-13(12-4-2-3-10(7-12)8-16)18-15(11-5-6-11)19-14(9)17/h2-4,7,11H,5-6H2,1H3,(H2,17,18,19). The van der Waals surface area contributed by atoms with Gasteiger partial charge in [-0.1, -0.05) is 12.1 Å². The van der Waals surface area contributed by atoms with E-state index in [2.05, 4.69) is 16.0 Å². The first-order valence-corrected chi connectivity index (χ1v) is 6.33. The van der Waals surface area contributed by atoms with Crippen LogP contribution in [0.25, 0.3) is 11.3 Å². The van der Waals surface area contributed by atoms with Crippen molar-refractivity contribution in [2.75, 3.05) is 5.73 Å². The molecule has 0 radical (unpaired) electrons. The molecule has 1 aromatic carbocycles.